The van der Waals surface area contributed by atoms with E-state index < -0.39 is 18.2 Å². The van der Waals surface area contributed by atoms with Gasteiger partial charge in [-0.2, -0.15) is 13.2 Å². The van der Waals surface area contributed by atoms with Crippen molar-refractivity contribution < 1.29 is 22.8 Å². The number of rotatable bonds is 2. The minimum absolute atomic E-state index is 0.0823. The lowest BCUT2D eigenvalue weighted by atomic mass is 9.89. The molecule has 0 aliphatic carbocycles. The highest BCUT2D eigenvalue weighted by molar-refractivity contribution is 7.14. The molecule has 0 spiro atoms. The normalized spacial score (nSPS) is 20.8. The van der Waals surface area contributed by atoms with Crippen molar-refractivity contribution in [3.8, 4) is 0 Å². The number of amidine groups is 1. The molecule has 1 atom stereocenters. The second-order valence-electron chi connectivity index (χ2n) is 7.15. The van der Waals surface area contributed by atoms with Gasteiger partial charge in [0.1, 0.15) is 5.84 Å². The highest BCUT2D eigenvalue weighted by Gasteiger charge is 2.63. The number of hydrogen-bond acceptors (Lipinski definition) is 5. The summed E-state index contributed by atoms with van der Waals surface area (Å²) in [6.45, 7) is 2.57. The quantitative estimate of drug-likeness (QED) is 0.644. The third kappa shape index (κ3) is 3.33. The predicted molar refractivity (Wildman–Crippen MR) is 109 cm³/mol. The Morgan fingerprint density at radius 2 is 1.93 bits per heavy atom. The fraction of sp³-hybridized carbons (Fsp3) is 0.368. The standard InChI is InChI=1S/C19H16Cl2F3N3O2S/c1-9-13-7-27(8-14(13)30-16(9)17(28)25-2)15-6-18(29-26-15,19(22,23)24)10-3-11(20)5-12(21)4-10/h3-5H,6-8H2,1-2H3,(H,25,28). The number of oxime groups is 1. The van der Waals surface area contributed by atoms with Gasteiger partial charge in [-0.3, -0.25) is 4.79 Å². The first-order chi connectivity index (χ1) is 14.1. The summed E-state index contributed by atoms with van der Waals surface area (Å²) < 4.78 is 42.4. The van der Waals surface area contributed by atoms with Crippen LogP contribution < -0.4 is 5.32 Å². The number of alkyl halides is 3. The summed E-state index contributed by atoms with van der Waals surface area (Å²) in [4.78, 5) is 20.3. The van der Waals surface area contributed by atoms with Gasteiger partial charge in [0.25, 0.3) is 11.5 Å². The molecule has 0 bridgehead atoms. The zero-order chi connectivity index (χ0) is 21.8. The van der Waals surface area contributed by atoms with Crippen molar-refractivity contribution in [3.63, 3.8) is 0 Å². The van der Waals surface area contributed by atoms with Gasteiger partial charge in [-0.1, -0.05) is 28.4 Å². The molecule has 4 rings (SSSR count). The Bertz CT molecular complexity index is 1050. The number of carbonyl (C=O) groups is 1. The molecule has 1 amide bonds. The molecule has 5 nitrogen and oxygen atoms in total. The summed E-state index contributed by atoms with van der Waals surface area (Å²) in [7, 11) is 1.56. The second kappa shape index (κ2) is 7.32. The van der Waals surface area contributed by atoms with Crippen molar-refractivity contribution >= 4 is 46.3 Å². The third-order valence-corrected chi connectivity index (χ3v) is 7.09. The highest BCUT2D eigenvalue weighted by atomic mass is 35.5. The smallest absolute Gasteiger partial charge is 0.372 e. The molecule has 1 aromatic carbocycles. The lowest BCUT2D eigenvalue weighted by molar-refractivity contribution is -0.275. The van der Waals surface area contributed by atoms with E-state index in [4.69, 9.17) is 28.0 Å². The number of benzene rings is 1. The van der Waals surface area contributed by atoms with E-state index in [2.05, 4.69) is 10.5 Å². The second-order valence-corrected chi connectivity index (χ2v) is 9.13. The number of nitrogens with one attached hydrogen (secondary N) is 1. The van der Waals surface area contributed by atoms with Gasteiger partial charge in [0.15, 0.2) is 0 Å². The zero-order valence-electron chi connectivity index (χ0n) is 15.9. The van der Waals surface area contributed by atoms with Crippen LogP contribution in [0.15, 0.2) is 23.4 Å². The van der Waals surface area contributed by atoms with E-state index in [1.54, 1.807) is 11.9 Å². The van der Waals surface area contributed by atoms with Gasteiger partial charge in [0.2, 0.25) is 0 Å². The first kappa shape index (κ1) is 21.3. The van der Waals surface area contributed by atoms with Crippen LogP contribution in [0.3, 0.4) is 0 Å². The maximum atomic E-state index is 14.1. The van der Waals surface area contributed by atoms with Gasteiger partial charge in [0.05, 0.1) is 17.8 Å². The Balaban J connectivity index is 1.61. The van der Waals surface area contributed by atoms with Gasteiger partial charge in [-0.15, -0.1) is 11.3 Å². The van der Waals surface area contributed by atoms with Gasteiger partial charge in [0, 0.05) is 34.1 Å². The van der Waals surface area contributed by atoms with Crippen LogP contribution in [0.5, 0.6) is 0 Å². The van der Waals surface area contributed by atoms with Crippen molar-refractivity contribution in [1.29, 1.82) is 0 Å². The molecular formula is C19H16Cl2F3N3O2S. The molecule has 3 heterocycles. The topological polar surface area (TPSA) is 53.9 Å². The minimum atomic E-state index is -4.74. The van der Waals surface area contributed by atoms with E-state index in [1.807, 2.05) is 6.92 Å². The Morgan fingerprint density at radius 3 is 2.50 bits per heavy atom. The maximum absolute atomic E-state index is 14.1. The largest absolute Gasteiger partial charge is 0.435 e. The van der Waals surface area contributed by atoms with Crippen LogP contribution in [-0.2, 0) is 23.5 Å². The van der Waals surface area contributed by atoms with Crippen molar-refractivity contribution in [2.24, 2.45) is 5.16 Å². The van der Waals surface area contributed by atoms with E-state index in [9.17, 15) is 18.0 Å². The molecule has 30 heavy (non-hydrogen) atoms. The van der Waals surface area contributed by atoms with Crippen molar-refractivity contribution in [1.82, 2.24) is 10.2 Å². The maximum Gasteiger partial charge on any atom is 0.435 e. The van der Waals surface area contributed by atoms with E-state index in [0.29, 0.717) is 18.0 Å². The fourth-order valence-corrected chi connectivity index (χ4v) is 5.52. The van der Waals surface area contributed by atoms with Gasteiger partial charge in [-0.05, 0) is 36.2 Å². The number of nitrogens with zero attached hydrogens (tertiary/aromatic N) is 2. The predicted octanol–water partition coefficient (Wildman–Crippen LogP) is 5.23. The molecule has 1 N–H and O–H groups in total. The Hall–Kier alpha value is -1.97. The number of hydrogen-bond donors (Lipinski definition) is 1. The Labute approximate surface area is 184 Å². The van der Waals surface area contributed by atoms with Crippen molar-refractivity contribution in [2.45, 2.75) is 38.2 Å². The van der Waals surface area contributed by atoms with Crippen LogP contribution in [0.2, 0.25) is 10.0 Å². The zero-order valence-corrected chi connectivity index (χ0v) is 18.2. The molecule has 160 valence electrons. The molecule has 0 radical (unpaired) electrons. The number of amides is 1. The first-order valence-electron chi connectivity index (χ1n) is 8.92. The lowest BCUT2D eigenvalue weighted by Gasteiger charge is -2.30. The molecule has 0 saturated carbocycles. The number of carbonyl (C=O) groups excluding carboxylic acids is 1. The molecule has 1 unspecified atom stereocenters. The highest BCUT2D eigenvalue weighted by Crippen LogP contribution is 2.50. The van der Waals surface area contributed by atoms with E-state index >= 15 is 0 Å². The Morgan fingerprint density at radius 1 is 1.27 bits per heavy atom. The molecule has 2 aliphatic heterocycles. The number of fused-ring (bicyclic) bond motifs is 1. The SMILES string of the molecule is CNC(=O)c1sc2c(c1C)CN(C1=NOC(c3cc(Cl)cc(Cl)c3)(C(F)(F)F)C1)C2. The van der Waals surface area contributed by atoms with Gasteiger partial charge in [-0.25, -0.2) is 0 Å². The average Bonchev–Trinajstić information content (AvgIpc) is 3.34. The van der Waals surface area contributed by atoms with Crippen LogP contribution in [0.25, 0.3) is 0 Å². The number of halogens is 5. The molecule has 11 heteroatoms. The fourth-order valence-electron chi connectivity index (χ4n) is 3.72. The molecular weight excluding hydrogens is 462 g/mol. The van der Waals surface area contributed by atoms with Crippen LogP contribution in [0.4, 0.5) is 13.2 Å². The summed E-state index contributed by atoms with van der Waals surface area (Å²) >= 11 is 13.2. The van der Waals surface area contributed by atoms with E-state index in [0.717, 1.165) is 16.0 Å². The van der Waals surface area contributed by atoms with Crippen LogP contribution in [0, 0.1) is 6.92 Å². The molecule has 0 saturated heterocycles. The van der Waals surface area contributed by atoms with Gasteiger partial charge >= 0.3 is 6.18 Å². The third-order valence-electron chi connectivity index (χ3n) is 5.34. The van der Waals surface area contributed by atoms with E-state index in [1.165, 1.54) is 29.5 Å². The van der Waals surface area contributed by atoms with Crippen molar-refractivity contribution in [2.75, 3.05) is 7.05 Å². The summed E-state index contributed by atoms with van der Waals surface area (Å²) in [6, 6.07) is 3.75. The van der Waals surface area contributed by atoms with Crippen LogP contribution in [-0.4, -0.2) is 29.9 Å². The average molecular weight is 478 g/mol. The summed E-state index contributed by atoms with van der Waals surface area (Å²) in [6.07, 6.45) is -5.23. The first-order valence-corrected chi connectivity index (χ1v) is 10.5. The monoisotopic (exact) mass is 477 g/mol. The van der Waals surface area contributed by atoms with Gasteiger partial charge < -0.3 is 15.1 Å². The molecule has 2 aromatic rings. The van der Waals surface area contributed by atoms with E-state index in [-0.39, 0.29) is 27.4 Å². The van der Waals surface area contributed by atoms with Crippen LogP contribution in [0.1, 0.15) is 37.7 Å². The summed E-state index contributed by atoms with van der Waals surface area (Å²) in [5.41, 5.74) is -1.08. The van der Waals surface area contributed by atoms with Crippen LogP contribution >= 0.6 is 34.5 Å². The lowest BCUT2D eigenvalue weighted by Crippen LogP contribution is -2.43. The van der Waals surface area contributed by atoms with Crippen molar-refractivity contribution in [3.05, 3.63) is 54.7 Å². The Kier molecular flexibility index (Phi) is 5.19. The minimum Gasteiger partial charge on any atom is -0.372 e. The molecule has 0 fully saturated rings. The summed E-state index contributed by atoms with van der Waals surface area (Å²) in [5, 5.41) is 6.57. The molecule has 2 aliphatic rings. The molecule has 1 aromatic heterocycles. The summed E-state index contributed by atoms with van der Waals surface area (Å²) in [5.74, 6) is 0.0154. The number of thiophene rings is 1.